The molecular formula is C12H25N3O2. The van der Waals surface area contributed by atoms with Crippen LogP contribution in [0.5, 0.6) is 0 Å². The molecule has 1 saturated heterocycles. The number of rotatable bonds is 6. The fourth-order valence-electron chi connectivity index (χ4n) is 1.88. The van der Waals surface area contributed by atoms with E-state index < -0.39 is 0 Å². The van der Waals surface area contributed by atoms with E-state index in [1.807, 2.05) is 0 Å². The molecule has 1 aliphatic heterocycles. The van der Waals surface area contributed by atoms with Gasteiger partial charge in [0.2, 0.25) is 5.91 Å². The zero-order valence-electron chi connectivity index (χ0n) is 10.9. The van der Waals surface area contributed by atoms with E-state index >= 15 is 0 Å². The van der Waals surface area contributed by atoms with Crippen molar-refractivity contribution in [1.82, 2.24) is 10.2 Å². The first-order chi connectivity index (χ1) is 8.17. The van der Waals surface area contributed by atoms with E-state index in [0.29, 0.717) is 19.7 Å². The molecule has 1 aliphatic rings. The Balaban J connectivity index is 2.30. The molecule has 1 fully saturated rings. The highest BCUT2D eigenvalue weighted by molar-refractivity contribution is 5.78. The summed E-state index contributed by atoms with van der Waals surface area (Å²) >= 11 is 0. The van der Waals surface area contributed by atoms with Crippen LogP contribution < -0.4 is 11.1 Å². The molecule has 1 heterocycles. The van der Waals surface area contributed by atoms with Crippen molar-refractivity contribution in [2.75, 3.05) is 32.8 Å². The molecule has 0 aromatic carbocycles. The third kappa shape index (κ3) is 5.02. The van der Waals surface area contributed by atoms with E-state index in [9.17, 15) is 4.79 Å². The van der Waals surface area contributed by atoms with Crippen LogP contribution in [0.25, 0.3) is 0 Å². The lowest BCUT2D eigenvalue weighted by Crippen LogP contribution is -2.53. The number of nitrogens with two attached hydrogens (primary N) is 1. The Hall–Kier alpha value is -0.650. The number of morpholine rings is 1. The minimum atomic E-state index is 0.0645. The Morgan fingerprint density at radius 3 is 3.00 bits per heavy atom. The van der Waals surface area contributed by atoms with Gasteiger partial charge in [-0.3, -0.25) is 9.69 Å². The molecule has 5 nitrogen and oxygen atoms in total. The van der Waals surface area contributed by atoms with Gasteiger partial charge in [0.15, 0.2) is 0 Å². The number of nitrogens with one attached hydrogen (secondary N) is 1. The summed E-state index contributed by atoms with van der Waals surface area (Å²) in [6.07, 6.45) is 2.20. The minimum Gasteiger partial charge on any atom is -0.374 e. The maximum absolute atomic E-state index is 11.7. The second-order valence-electron chi connectivity index (χ2n) is 4.67. The van der Waals surface area contributed by atoms with Crippen LogP contribution in [0, 0.1) is 0 Å². The summed E-state index contributed by atoms with van der Waals surface area (Å²) in [6.45, 7) is 7.33. The molecule has 17 heavy (non-hydrogen) atoms. The summed E-state index contributed by atoms with van der Waals surface area (Å²) in [5, 5.41) is 2.93. The van der Waals surface area contributed by atoms with Crippen LogP contribution in [-0.4, -0.2) is 55.7 Å². The highest BCUT2D eigenvalue weighted by Crippen LogP contribution is 2.10. The van der Waals surface area contributed by atoms with Crippen molar-refractivity contribution in [2.45, 2.75) is 38.8 Å². The summed E-state index contributed by atoms with van der Waals surface area (Å²) in [4.78, 5) is 13.8. The van der Waals surface area contributed by atoms with Crippen LogP contribution in [0.1, 0.15) is 26.7 Å². The largest absolute Gasteiger partial charge is 0.374 e. The van der Waals surface area contributed by atoms with Crippen molar-refractivity contribution in [2.24, 2.45) is 5.73 Å². The molecule has 0 saturated carbocycles. The standard InChI is InChI=1S/C12H25N3O2/c1-3-4-5-14-12(16)8-15-7-11(6-13)17-9-10(15)2/h10-11H,3-9,13H2,1-2H3,(H,14,16). The normalized spacial score (nSPS) is 25.8. The minimum absolute atomic E-state index is 0.0645. The zero-order valence-corrected chi connectivity index (χ0v) is 10.9. The van der Waals surface area contributed by atoms with Crippen LogP contribution in [-0.2, 0) is 9.53 Å². The lowest BCUT2D eigenvalue weighted by molar-refractivity contribution is -0.126. The second-order valence-corrected chi connectivity index (χ2v) is 4.67. The van der Waals surface area contributed by atoms with Crippen LogP contribution in [0.2, 0.25) is 0 Å². The molecule has 0 radical (unpaired) electrons. The quantitative estimate of drug-likeness (QED) is 0.642. The van der Waals surface area contributed by atoms with Crippen molar-refractivity contribution in [3.63, 3.8) is 0 Å². The summed E-state index contributed by atoms with van der Waals surface area (Å²) in [5.41, 5.74) is 5.59. The van der Waals surface area contributed by atoms with E-state index in [0.717, 1.165) is 25.9 Å². The summed E-state index contributed by atoms with van der Waals surface area (Å²) in [5.74, 6) is 0.1000. The summed E-state index contributed by atoms with van der Waals surface area (Å²) in [6, 6.07) is 0.287. The molecule has 1 rings (SSSR count). The third-order valence-corrected chi connectivity index (χ3v) is 3.10. The van der Waals surface area contributed by atoms with Gasteiger partial charge in [0.05, 0.1) is 19.3 Å². The molecule has 0 spiro atoms. The molecule has 100 valence electrons. The average Bonchev–Trinajstić information content (AvgIpc) is 2.32. The molecule has 0 bridgehead atoms. The van der Waals surface area contributed by atoms with Crippen LogP contribution in [0.4, 0.5) is 0 Å². The fraction of sp³-hybridized carbons (Fsp3) is 0.917. The fourth-order valence-corrected chi connectivity index (χ4v) is 1.88. The number of carbonyl (C=O) groups is 1. The molecule has 1 amide bonds. The van der Waals surface area contributed by atoms with Gasteiger partial charge in [-0.1, -0.05) is 13.3 Å². The highest BCUT2D eigenvalue weighted by atomic mass is 16.5. The van der Waals surface area contributed by atoms with Crippen molar-refractivity contribution in [3.8, 4) is 0 Å². The van der Waals surface area contributed by atoms with Crippen LogP contribution in [0.15, 0.2) is 0 Å². The van der Waals surface area contributed by atoms with Gasteiger partial charge in [0, 0.05) is 25.7 Å². The maximum atomic E-state index is 11.7. The van der Waals surface area contributed by atoms with Crippen molar-refractivity contribution < 1.29 is 9.53 Å². The first-order valence-corrected chi connectivity index (χ1v) is 6.49. The van der Waals surface area contributed by atoms with Gasteiger partial charge in [-0.2, -0.15) is 0 Å². The zero-order chi connectivity index (χ0) is 12.7. The molecule has 0 aromatic heterocycles. The van der Waals surface area contributed by atoms with E-state index in [4.69, 9.17) is 10.5 Å². The lowest BCUT2D eigenvalue weighted by Gasteiger charge is -2.37. The number of nitrogens with zero attached hydrogens (tertiary/aromatic N) is 1. The summed E-state index contributed by atoms with van der Waals surface area (Å²) in [7, 11) is 0. The smallest absolute Gasteiger partial charge is 0.234 e. The predicted octanol–water partition coefficient (Wildman–Crippen LogP) is -0.0493. The topological polar surface area (TPSA) is 67.6 Å². The van der Waals surface area contributed by atoms with E-state index in [2.05, 4.69) is 24.1 Å². The van der Waals surface area contributed by atoms with E-state index in [1.54, 1.807) is 0 Å². The number of amides is 1. The van der Waals surface area contributed by atoms with Gasteiger partial charge in [0.1, 0.15) is 0 Å². The Morgan fingerprint density at radius 1 is 1.59 bits per heavy atom. The van der Waals surface area contributed by atoms with E-state index in [1.165, 1.54) is 0 Å². The predicted molar refractivity (Wildman–Crippen MR) is 67.7 cm³/mol. The Labute approximate surface area is 104 Å². The van der Waals surface area contributed by atoms with Crippen molar-refractivity contribution >= 4 is 5.91 Å². The molecular weight excluding hydrogens is 218 g/mol. The highest BCUT2D eigenvalue weighted by Gasteiger charge is 2.26. The molecule has 2 atom stereocenters. The van der Waals surface area contributed by atoms with E-state index in [-0.39, 0.29) is 18.1 Å². The lowest BCUT2D eigenvalue weighted by atomic mass is 10.2. The number of hydrogen-bond donors (Lipinski definition) is 2. The number of ether oxygens (including phenoxy) is 1. The monoisotopic (exact) mass is 243 g/mol. The van der Waals surface area contributed by atoms with Gasteiger partial charge < -0.3 is 15.8 Å². The Morgan fingerprint density at radius 2 is 2.35 bits per heavy atom. The van der Waals surface area contributed by atoms with Gasteiger partial charge in [-0.05, 0) is 13.3 Å². The molecule has 2 unspecified atom stereocenters. The first-order valence-electron chi connectivity index (χ1n) is 6.49. The van der Waals surface area contributed by atoms with Crippen molar-refractivity contribution in [3.05, 3.63) is 0 Å². The molecule has 5 heteroatoms. The number of carbonyl (C=O) groups excluding carboxylic acids is 1. The van der Waals surface area contributed by atoms with Crippen LogP contribution >= 0.6 is 0 Å². The molecule has 0 aromatic rings. The van der Waals surface area contributed by atoms with Gasteiger partial charge in [0.25, 0.3) is 0 Å². The van der Waals surface area contributed by atoms with Crippen LogP contribution in [0.3, 0.4) is 0 Å². The maximum Gasteiger partial charge on any atom is 0.234 e. The molecule has 0 aliphatic carbocycles. The SMILES string of the molecule is CCCCNC(=O)CN1CC(CN)OCC1C. The Bertz CT molecular complexity index is 236. The number of hydrogen-bond acceptors (Lipinski definition) is 4. The van der Waals surface area contributed by atoms with Gasteiger partial charge in [-0.15, -0.1) is 0 Å². The van der Waals surface area contributed by atoms with Gasteiger partial charge >= 0.3 is 0 Å². The summed E-state index contributed by atoms with van der Waals surface area (Å²) < 4.78 is 5.55. The molecule has 3 N–H and O–H groups in total. The second kappa shape index (κ2) is 7.63. The van der Waals surface area contributed by atoms with Crippen molar-refractivity contribution in [1.29, 1.82) is 0 Å². The third-order valence-electron chi connectivity index (χ3n) is 3.10. The first kappa shape index (κ1) is 14.4. The number of unbranched alkanes of at least 4 members (excludes halogenated alkanes) is 1. The average molecular weight is 243 g/mol. The van der Waals surface area contributed by atoms with Gasteiger partial charge in [-0.25, -0.2) is 0 Å². The Kier molecular flexibility index (Phi) is 6.47.